The van der Waals surface area contributed by atoms with E-state index in [0.29, 0.717) is 36.9 Å². The molecule has 6 rings (SSSR count). The predicted molar refractivity (Wildman–Crippen MR) is 173 cm³/mol. The van der Waals surface area contributed by atoms with Crippen LogP contribution in [0.15, 0.2) is 36.4 Å². The quantitative estimate of drug-likeness (QED) is 0.306. The standard InChI is InChI=1S/C34H39ClF2N6O4/c1-33(2,3)47-32(44)43-14-13-42(17-22(43)11-12-38)30-25-19-45-28(24-9-5-7-21-8-6-10-26(35)29(21)24)15-27(25)39-31(40-30)46-18-23-16-34(36,37)20-41(23)4/h5-10,22-23,28H,11,13-20H2,1-4H3/t22-,23-,28?/m0/s1. The van der Waals surface area contributed by atoms with Gasteiger partial charge in [-0.1, -0.05) is 41.9 Å². The van der Waals surface area contributed by atoms with Crippen molar-refractivity contribution in [2.75, 3.05) is 44.7 Å². The van der Waals surface area contributed by atoms with Crippen LogP contribution in [0.5, 0.6) is 6.01 Å². The number of carbonyl (C=O) groups excluding carboxylic acids is 1. The molecule has 1 amide bonds. The summed E-state index contributed by atoms with van der Waals surface area (Å²) in [6.45, 7) is 6.37. The van der Waals surface area contributed by atoms with Gasteiger partial charge in [-0.3, -0.25) is 4.90 Å². The van der Waals surface area contributed by atoms with Crippen LogP contribution in [0.4, 0.5) is 19.4 Å². The van der Waals surface area contributed by atoms with E-state index in [1.54, 1.807) is 37.6 Å². The third kappa shape index (κ3) is 7.22. The van der Waals surface area contributed by atoms with Crippen molar-refractivity contribution in [1.29, 1.82) is 5.26 Å². The lowest BCUT2D eigenvalue weighted by Crippen LogP contribution is -2.56. The number of ether oxygens (including phenoxy) is 3. The average molecular weight is 669 g/mol. The Hall–Kier alpha value is -3.79. The minimum absolute atomic E-state index is 0.00660. The molecule has 1 aromatic heterocycles. The molecular formula is C34H39ClF2N6O4. The summed E-state index contributed by atoms with van der Waals surface area (Å²) in [5.41, 5.74) is 1.77. The zero-order chi connectivity index (χ0) is 33.5. The monoisotopic (exact) mass is 668 g/mol. The number of alkyl halides is 2. The number of nitrogens with zero attached hydrogens (tertiary/aromatic N) is 6. The third-order valence-electron chi connectivity index (χ3n) is 8.87. The second-order valence-electron chi connectivity index (χ2n) is 13.5. The first-order valence-electron chi connectivity index (χ1n) is 15.8. The maximum atomic E-state index is 14.1. The molecule has 0 spiro atoms. The third-order valence-corrected chi connectivity index (χ3v) is 9.19. The summed E-state index contributed by atoms with van der Waals surface area (Å²) in [7, 11) is 1.66. The van der Waals surface area contributed by atoms with Gasteiger partial charge in [-0.25, -0.2) is 13.6 Å². The van der Waals surface area contributed by atoms with Gasteiger partial charge in [-0.15, -0.1) is 0 Å². The molecule has 0 aliphatic carbocycles. The normalized spacial score (nSPS) is 23.0. The zero-order valence-corrected chi connectivity index (χ0v) is 27.8. The summed E-state index contributed by atoms with van der Waals surface area (Å²) in [5.74, 6) is -2.20. The predicted octanol–water partition coefficient (Wildman–Crippen LogP) is 6.15. The molecule has 3 aliphatic rings. The maximum absolute atomic E-state index is 14.1. The van der Waals surface area contributed by atoms with Crippen LogP contribution in [0.1, 0.15) is 56.5 Å². The van der Waals surface area contributed by atoms with Gasteiger partial charge >= 0.3 is 12.1 Å². The van der Waals surface area contributed by atoms with E-state index in [1.807, 2.05) is 41.3 Å². The average Bonchev–Trinajstić information content (AvgIpc) is 3.29. The molecule has 4 heterocycles. The Morgan fingerprint density at radius 1 is 1.17 bits per heavy atom. The molecule has 0 N–H and O–H groups in total. The summed E-state index contributed by atoms with van der Waals surface area (Å²) in [6, 6.07) is 13.1. The van der Waals surface area contributed by atoms with E-state index in [1.165, 1.54) is 0 Å². The van der Waals surface area contributed by atoms with Crippen molar-refractivity contribution in [2.45, 2.75) is 76.4 Å². The minimum Gasteiger partial charge on any atom is -0.462 e. The van der Waals surface area contributed by atoms with Crippen molar-refractivity contribution in [3.05, 3.63) is 58.2 Å². The van der Waals surface area contributed by atoms with Crippen LogP contribution in [0.25, 0.3) is 10.8 Å². The first-order valence-corrected chi connectivity index (χ1v) is 16.2. The second-order valence-corrected chi connectivity index (χ2v) is 13.9. The molecule has 2 saturated heterocycles. The molecule has 250 valence electrons. The van der Waals surface area contributed by atoms with Gasteiger partial charge in [0.15, 0.2) is 0 Å². The first kappa shape index (κ1) is 33.1. The summed E-state index contributed by atoms with van der Waals surface area (Å²) in [5, 5.41) is 12.2. The summed E-state index contributed by atoms with van der Waals surface area (Å²) >= 11 is 6.65. The zero-order valence-electron chi connectivity index (χ0n) is 27.0. The number of hydrogen-bond donors (Lipinski definition) is 0. The van der Waals surface area contributed by atoms with Crippen molar-refractivity contribution < 1.29 is 27.8 Å². The topological polar surface area (TPSA) is 104 Å². The number of rotatable bonds is 6. The van der Waals surface area contributed by atoms with Crippen LogP contribution < -0.4 is 9.64 Å². The van der Waals surface area contributed by atoms with Gasteiger partial charge in [0.25, 0.3) is 5.92 Å². The van der Waals surface area contributed by atoms with Crippen molar-refractivity contribution in [3.63, 3.8) is 0 Å². The van der Waals surface area contributed by atoms with Crippen LogP contribution in [-0.4, -0.2) is 89.3 Å². The number of hydrogen-bond acceptors (Lipinski definition) is 9. The van der Waals surface area contributed by atoms with E-state index in [0.717, 1.165) is 27.6 Å². The molecular weight excluding hydrogens is 630 g/mol. The highest BCUT2D eigenvalue weighted by molar-refractivity contribution is 6.35. The van der Waals surface area contributed by atoms with Crippen molar-refractivity contribution in [2.24, 2.45) is 0 Å². The molecule has 47 heavy (non-hydrogen) atoms. The first-order chi connectivity index (χ1) is 22.3. The van der Waals surface area contributed by atoms with Crippen molar-refractivity contribution in [3.8, 4) is 12.1 Å². The van der Waals surface area contributed by atoms with Crippen LogP contribution in [0.2, 0.25) is 5.02 Å². The largest absolute Gasteiger partial charge is 0.462 e. The van der Waals surface area contributed by atoms with Gasteiger partial charge in [-0.2, -0.15) is 15.2 Å². The number of fused-ring (bicyclic) bond motifs is 2. The highest BCUT2D eigenvalue weighted by Crippen LogP contribution is 2.40. The van der Waals surface area contributed by atoms with Gasteiger partial charge < -0.3 is 24.0 Å². The molecule has 10 nitrogen and oxygen atoms in total. The van der Waals surface area contributed by atoms with Crippen LogP contribution in [0.3, 0.4) is 0 Å². The van der Waals surface area contributed by atoms with E-state index in [-0.39, 0.29) is 44.7 Å². The molecule has 0 bridgehead atoms. The number of nitriles is 1. The van der Waals surface area contributed by atoms with Gasteiger partial charge in [0.1, 0.15) is 18.0 Å². The SMILES string of the molecule is CN1CC(F)(F)C[C@H]1COc1nc2c(c(N3CCN(C(=O)OC(C)(C)C)[C@@H](CC#N)C3)n1)COC(c1cccc3cccc(Cl)c13)C2. The molecule has 3 aliphatic heterocycles. The number of piperazine rings is 1. The van der Waals surface area contributed by atoms with E-state index in [4.69, 9.17) is 35.8 Å². The number of carbonyl (C=O) groups is 1. The molecule has 0 saturated carbocycles. The fourth-order valence-corrected chi connectivity index (χ4v) is 6.94. The molecule has 1 unspecified atom stereocenters. The molecule has 3 atom stereocenters. The lowest BCUT2D eigenvalue weighted by molar-refractivity contribution is 0.0131. The Morgan fingerprint density at radius 3 is 2.64 bits per heavy atom. The van der Waals surface area contributed by atoms with Gasteiger partial charge in [0.2, 0.25) is 0 Å². The van der Waals surface area contributed by atoms with E-state index in [2.05, 4.69) is 6.07 Å². The van der Waals surface area contributed by atoms with Gasteiger partial charge in [0, 0.05) is 54.5 Å². The fourth-order valence-electron chi connectivity index (χ4n) is 6.65. The van der Waals surface area contributed by atoms with E-state index in [9.17, 15) is 18.8 Å². The van der Waals surface area contributed by atoms with E-state index < -0.39 is 29.7 Å². The number of likely N-dealkylation sites (tertiary alicyclic amines) is 1. The molecule has 2 aromatic carbocycles. The highest BCUT2D eigenvalue weighted by atomic mass is 35.5. The Morgan fingerprint density at radius 2 is 1.94 bits per heavy atom. The number of amides is 1. The highest BCUT2D eigenvalue weighted by Gasteiger charge is 2.44. The smallest absolute Gasteiger partial charge is 0.410 e. The number of anilines is 1. The molecule has 13 heteroatoms. The van der Waals surface area contributed by atoms with Crippen molar-refractivity contribution >= 4 is 34.3 Å². The maximum Gasteiger partial charge on any atom is 0.410 e. The lowest BCUT2D eigenvalue weighted by atomic mass is 9.94. The van der Waals surface area contributed by atoms with Gasteiger partial charge in [0.05, 0.1) is 43.5 Å². The summed E-state index contributed by atoms with van der Waals surface area (Å²) < 4.78 is 46.3. The molecule has 3 aromatic rings. The fraction of sp³-hybridized carbons (Fsp3) is 0.529. The van der Waals surface area contributed by atoms with Crippen molar-refractivity contribution in [1.82, 2.24) is 19.8 Å². The molecule has 2 fully saturated rings. The van der Waals surface area contributed by atoms with Crippen LogP contribution in [0, 0.1) is 11.3 Å². The second kappa shape index (κ2) is 13.0. The Balaban J connectivity index is 1.32. The van der Waals surface area contributed by atoms with E-state index >= 15 is 0 Å². The number of likely N-dealkylation sites (N-methyl/N-ethyl adjacent to an activating group) is 1. The number of aromatic nitrogens is 2. The Kier molecular flexibility index (Phi) is 9.17. The number of benzene rings is 2. The van der Waals surface area contributed by atoms with Gasteiger partial charge in [-0.05, 0) is 44.8 Å². The Bertz CT molecular complexity index is 1690. The number of halogens is 3. The van der Waals surface area contributed by atoms with Crippen LogP contribution in [-0.2, 0) is 22.5 Å². The summed E-state index contributed by atoms with van der Waals surface area (Å²) in [6.07, 6.45) is -0.608. The minimum atomic E-state index is -2.78. The lowest BCUT2D eigenvalue weighted by Gasteiger charge is -2.42. The Labute approximate surface area is 278 Å². The molecule has 0 radical (unpaired) electrons. The van der Waals surface area contributed by atoms with Crippen LogP contribution >= 0.6 is 11.6 Å². The summed E-state index contributed by atoms with van der Waals surface area (Å²) in [4.78, 5) is 27.8.